The number of esters is 1. The minimum absolute atomic E-state index is 0.0893. The van der Waals surface area contributed by atoms with E-state index in [0.29, 0.717) is 38.2 Å². The van der Waals surface area contributed by atoms with Crippen LogP contribution in [-0.4, -0.2) is 66.2 Å². The third-order valence-electron chi connectivity index (χ3n) is 7.47. The first-order valence-corrected chi connectivity index (χ1v) is 17.7. The van der Waals surface area contributed by atoms with Crippen molar-refractivity contribution in [1.82, 2.24) is 21.3 Å². The van der Waals surface area contributed by atoms with Gasteiger partial charge in [0.05, 0.1) is 6.61 Å². The van der Waals surface area contributed by atoms with Crippen LogP contribution in [0.3, 0.4) is 0 Å². The Hall–Kier alpha value is -4.61. The molecule has 12 nitrogen and oxygen atoms in total. The third kappa shape index (κ3) is 18.8. The molecule has 2 atom stereocenters. The van der Waals surface area contributed by atoms with E-state index in [-0.39, 0.29) is 31.3 Å². The number of hydrogen-bond acceptors (Lipinski definition) is 8. The minimum atomic E-state index is -0.930. The zero-order valence-corrected chi connectivity index (χ0v) is 31.6. The first-order valence-electron chi connectivity index (χ1n) is 17.7. The fourth-order valence-corrected chi connectivity index (χ4v) is 5.01. The second-order valence-electron chi connectivity index (χ2n) is 14.6. The van der Waals surface area contributed by atoms with E-state index in [1.165, 1.54) is 6.92 Å². The average molecular weight is 711 g/mol. The van der Waals surface area contributed by atoms with Crippen LogP contribution in [0.2, 0.25) is 0 Å². The van der Waals surface area contributed by atoms with Gasteiger partial charge in [-0.1, -0.05) is 36.4 Å². The second kappa shape index (κ2) is 20.9. The number of rotatable bonds is 19. The molecule has 0 saturated heterocycles. The summed E-state index contributed by atoms with van der Waals surface area (Å²) in [5.41, 5.74) is 1.67. The number of ether oxygens (including phenoxy) is 3. The standard InChI is InChI=1S/C39H58N4O8/c1-27-19-21-31(49-24-13-12-23-40-37(48)51-39(6,7)8)25-30(27)26-41-35(46)33(22-20-29-15-10-9-11-16-29)43-36(47)32(42-28(2)44)17-14-18-34(45)50-38(3,4)5/h9-11,15-16,19,21,25,32-33H,12-14,17-18,20,22-24,26H2,1-8H3,(H,40,48)(H,41,46)(H,42,44)(H,43,47). The molecule has 0 aliphatic carbocycles. The van der Waals surface area contributed by atoms with Gasteiger partial charge in [-0.2, -0.15) is 0 Å². The van der Waals surface area contributed by atoms with Crippen LogP contribution in [0.25, 0.3) is 0 Å². The summed E-state index contributed by atoms with van der Waals surface area (Å²) in [5.74, 6) is -0.994. The van der Waals surface area contributed by atoms with Crippen LogP contribution >= 0.6 is 0 Å². The number of carbonyl (C=O) groups excluding carboxylic acids is 5. The monoisotopic (exact) mass is 710 g/mol. The molecule has 2 rings (SSSR count). The number of alkyl carbamates (subject to hydrolysis) is 1. The van der Waals surface area contributed by atoms with Gasteiger partial charge in [0.2, 0.25) is 17.7 Å². The van der Waals surface area contributed by atoms with Crippen molar-refractivity contribution in [1.29, 1.82) is 0 Å². The third-order valence-corrected chi connectivity index (χ3v) is 7.47. The molecular weight excluding hydrogens is 652 g/mol. The van der Waals surface area contributed by atoms with Crippen LogP contribution in [0.5, 0.6) is 5.75 Å². The van der Waals surface area contributed by atoms with Crippen LogP contribution in [0.4, 0.5) is 4.79 Å². The summed E-state index contributed by atoms with van der Waals surface area (Å²) in [6.07, 6.45) is 2.47. The number of aryl methyl sites for hydroxylation is 2. The van der Waals surface area contributed by atoms with Gasteiger partial charge in [-0.05, 0) is 116 Å². The van der Waals surface area contributed by atoms with Crippen molar-refractivity contribution in [3.63, 3.8) is 0 Å². The molecule has 51 heavy (non-hydrogen) atoms. The Balaban J connectivity index is 2.02. The van der Waals surface area contributed by atoms with Crippen LogP contribution < -0.4 is 26.0 Å². The van der Waals surface area contributed by atoms with Gasteiger partial charge in [-0.15, -0.1) is 0 Å². The highest BCUT2D eigenvalue weighted by Gasteiger charge is 2.27. The maximum atomic E-state index is 13.6. The van der Waals surface area contributed by atoms with Crippen molar-refractivity contribution in [2.75, 3.05) is 13.2 Å². The summed E-state index contributed by atoms with van der Waals surface area (Å²) in [5, 5.41) is 11.2. The molecule has 0 aliphatic rings. The van der Waals surface area contributed by atoms with Crippen LogP contribution in [0.1, 0.15) is 104 Å². The van der Waals surface area contributed by atoms with Gasteiger partial charge in [-0.3, -0.25) is 19.2 Å². The van der Waals surface area contributed by atoms with Gasteiger partial charge >= 0.3 is 12.1 Å². The number of benzene rings is 2. The number of nitrogens with one attached hydrogen (secondary N) is 4. The van der Waals surface area contributed by atoms with Crippen molar-refractivity contribution in [2.45, 2.75) is 130 Å². The molecule has 0 saturated carbocycles. The van der Waals surface area contributed by atoms with E-state index in [4.69, 9.17) is 14.2 Å². The smallest absolute Gasteiger partial charge is 0.407 e. The number of amides is 4. The molecule has 4 N–H and O–H groups in total. The molecule has 12 heteroatoms. The van der Waals surface area contributed by atoms with E-state index in [9.17, 15) is 24.0 Å². The van der Waals surface area contributed by atoms with Gasteiger partial charge in [0.15, 0.2) is 0 Å². The largest absolute Gasteiger partial charge is 0.494 e. The Bertz CT molecular complexity index is 1430. The molecule has 0 aromatic heterocycles. The van der Waals surface area contributed by atoms with E-state index < -0.39 is 41.2 Å². The first kappa shape index (κ1) is 42.6. The summed E-state index contributed by atoms with van der Waals surface area (Å²) < 4.78 is 16.5. The zero-order chi connectivity index (χ0) is 38.0. The van der Waals surface area contributed by atoms with Crippen molar-refractivity contribution >= 4 is 29.8 Å². The van der Waals surface area contributed by atoms with E-state index in [1.54, 1.807) is 20.8 Å². The molecule has 0 fully saturated rings. The molecule has 0 aliphatic heterocycles. The van der Waals surface area contributed by atoms with Gasteiger partial charge in [-0.25, -0.2) is 4.79 Å². The summed E-state index contributed by atoms with van der Waals surface area (Å²) in [6.45, 7) is 15.2. The first-order chi connectivity index (χ1) is 23.9. The number of carbonyl (C=O) groups is 5. The normalized spacial score (nSPS) is 12.5. The summed E-state index contributed by atoms with van der Waals surface area (Å²) in [4.78, 5) is 63.1. The fourth-order valence-electron chi connectivity index (χ4n) is 5.01. The molecule has 4 amide bonds. The van der Waals surface area contributed by atoms with Crippen molar-refractivity contribution in [3.8, 4) is 5.75 Å². The Morgan fingerprint density at radius 2 is 1.41 bits per heavy atom. The van der Waals surface area contributed by atoms with Crippen molar-refractivity contribution < 1.29 is 38.2 Å². The summed E-state index contributed by atoms with van der Waals surface area (Å²) in [6, 6.07) is 13.5. The quantitative estimate of drug-likeness (QED) is 0.111. The number of unbranched alkanes of at least 4 members (excludes halogenated alkanes) is 1. The average Bonchev–Trinajstić information content (AvgIpc) is 3.02. The highest BCUT2D eigenvalue weighted by atomic mass is 16.6. The lowest BCUT2D eigenvalue weighted by Gasteiger charge is -2.23. The van der Waals surface area contributed by atoms with E-state index in [1.807, 2.05) is 76.2 Å². The molecule has 2 aromatic carbocycles. The Kier molecular flexibility index (Phi) is 17.5. The lowest BCUT2D eigenvalue weighted by Crippen LogP contribution is -2.53. The van der Waals surface area contributed by atoms with Gasteiger partial charge in [0.1, 0.15) is 29.0 Å². The lowest BCUT2D eigenvalue weighted by atomic mass is 10.0. The van der Waals surface area contributed by atoms with E-state index in [0.717, 1.165) is 29.5 Å². The maximum absolute atomic E-state index is 13.6. The highest BCUT2D eigenvalue weighted by Crippen LogP contribution is 2.18. The van der Waals surface area contributed by atoms with Crippen LogP contribution in [-0.2, 0) is 41.6 Å². The Morgan fingerprint density at radius 1 is 0.745 bits per heavy atom. The Morgan fingerprint density at radius 3 is 2.06 bits per heavy atom. The molecular formula is C39H58N4O8. The second-order valence-corrected chi connectivity index (χ2v) is 14.6. The Labute approximate surface area is 303 Å². The number of hydrogen-bond donors (Lipinski definition) is 4. The minimum Gasteiger partial charge on any atom is -0.494 e. The van der Waals surface area contributed by atoms with E-state index >= 15 is 0 Å². The fraction of sp³-hybridized carbons (Fsp3) is 0.564. The maximum Gasteiger partial charge on any atom is 0.407 e. The van der Waals surface area contributed by atoms with Gasteiger partial charge in [0.25, 0.3) is 0 Å². The van der Waals surface area contributed by atoms with Crippen molar-refractivity contribution in [2.24, 2.45) is 0 Å². The molecule has 0 heterocycles. The molecule has 0 bridgehead atoms. The van der Waals surface area contributed by atoms with Crippen LogP contribution in [0.15, 0.2) is 48.5 Å². The SMILES string of the molecule is CC(=O)NC(CCCC(=O)OC(C)(C)C)C(=O)NC(CCc1ccccc1)C(=O)NCc1cc(OCCCCNC(=O)OC(C)(C)C)ccc1C. The predicted octanol–water partition coefficient (Wildman–Crippen LogP) is 5.43. The molecule has 2 aromatic rings. The van der Waals surface area contributed by atoms with Gasteiger partial charge < -0.3 is 35.5 Å². The molecule has 2 unspecified atom stereocenters. The molecule has 0 radical (unpaired) electrons. The summed E-state index contributed by atoms with van der Waals surface area (Å²) in [7, 11) is 0. The van der Waals surface area contributed by atoms with Crippen molar-refractivity contribution in [3.05, 3.63) is 65.2 Å². The summed E-state index contributed by atoms with van der Waals surface area (Å²) >= 11 is 0. The van der Waals surface area contributed by atoms with Crippen LogP contribution in [0, 0.1) is 6.92 Å². The zero-order valence-electron chi connectivity index (χ0n) is 31.6. The lowest BCUT2D eigenvalue weighted by molar-refractivity contribution is -0.155. The van der Waals surface area contributed by atoms with Gasteiger partial charge in [0, 0.05) is 26.4 Å². The highest BCUT2D eigenvalue weighted by molar-refractivity contribution is 5.91. The molecule has 0 spiro atoms. The topological polar surface area (TPSA) is 161 Å². The van der Waals surface area contributed by atoms with E-state index in [2.05, 4.69) is 21.3 Å². The molecule has 282 valence electrons. The predicted molar refractivity (Wildman–Crippen MR) is 196 cm³/mol.